The highest BCUT2D eigenvalue weighted by atomic mass is 79.9. The topological polar surface area (TPSA) is 12.0 Å². The van der Waals surface area contributed by atoms with Crippen molar-refractivity contribution >= 4 is 27.3 Å². The molecule has 0 aromatic carbocycles. The molecule has 0 fully saturated rings. The second kappa shape index (κ2) is 9.37. The van der Waals surface area contributed by atoms with E-state index >= 15 is 0 Å². The second-order valence-electron chi connectivity index (χ2n) is 3.73. The summed E-state index contributed by atoms with van der Waals surface area (Å²) < 4.78 is 0. The summed E-state index contributed by atoms with van der Waals surface area (Å²) in [5.41, 5.74) is 1.46. The molecule has 0 aliphatic carbocycles. The number of hydrogen-bond acceptors (Lipinski definition) is 2. The van der Waals surface area contributed by atoms with Crippen LogP contribution in [0.2, 0.25) is 0 Å². The van der Waals surface area contributed by atoms with Crippen LogP contribution in [0.4, 0.5) is 0 Å². The van der Waals surface area contributed by atoms with Crippen LogP contribution in [-0.4, -0.2) is 18.4 Å². The fourth-order valence-corrected chi connectivity index (χ4v) is 2.59. The maximum Gasteiger partial charge on any atom is 0.00313 e. The highest BCUT2D eigenvalue weighted by Gasteiger charge is 1.93. The minimum absolute atomic E-state index is 1.12. The predicted molar refractivity (Wildman–Crippen MR) is 73.2 cm³/mol. The number of alkyl halides is 1. The van der Waals surface area contributed by atoms with E-state index in [0.29, 0.717) is 0 Å². The summed E-state index contributed by atoms with van der Waals surface area (Å²) in [7, 11) is 0. The average Bonchev–Trinajstić information content (AvgIpc) is 2.75. The molecule has 0 aliphatic heterocycles. The summed E-state index contributed by atoms with van der Waals surface area (Å²) >= 11 is 5.24. The third kappa shape index (κ3) is 7.09. The van der Waals surface area contributed by atoms with Crippen molar-refractivity contribution in [2.75, 3.05) is 18.4 Å². The van der Waals surface area contributed by atoms with Crippen molar-refractivity contribution in [3.8, 4) is 0 Å². The van der Waals surface area contributed by atoms with Gasteiger partial charge in [0, 0.05) is 5.33 Å². The van der Waals surface area contributed by atoms with Crippen LogP contribution in [0.3, 0.4) is 0 Å². The Bertz CT molecular complexity index is 224. The summed E-state index contributed by atoms with van der Waals surface area (Å²) in [4.78, 5) is 0. The zero-order valence-corrected chi connectivity index (χ0v) is 11.6. The molecular weight excluding hydrogens is 270 g/mol. The van der Waals surface area contributed by atoms with E-state index in [2.05, 4.69) is 38.1 Å². The van der Waals surface area contributed by atoms with E-state index in [9.17, 15) is 0 Å². The van der Waals surface area contributed by atoms with Gasteiger partial charge in [0.1, 0.15) is 0 Å². The molecule has 0 spiro atoms. The Hall–Kier alpha value is 0.140. The lowest BCUT2D eigenvalue weighted by atomic mass is 10.2. The molecule has 1 heterocycles. The molecule has 0 atom stereocenters. The van der Waals surface area contributed by atoms with Gasteiger partial charge in [-0.2, -0.15) is 11.3 Å². The van der Waals surface area contributed by atoms with E-state index in [4.69, 9.17) is 0 Å². The maximum absolute atomic E-state index is 3.49. The van der Waals surface area contributed by atoms with Crippen molar-refractivity contribution in [2.45, 2.75) is 32.1 Å². The predicted octanol–water partition coefficient (Wildman–Crippen LogP) is 3.84. The van der Waals surface area contributed by atoms with E-state index < -0.39 is 0 Å². The molecule has 1 nitrogen and oxygen atoms in total. The van der Waals surface area contributed by atoms with Crippen LogP contribution in [0.1, 0.15) is 31.2 Å². The third-order valence-electron chi connectivity index (χ3n) is 2.41. The van der Waals surface area contributed by atoms with Crippen molar-refractivity contribution < 1.29 is 0 Å². The van der Waals surface area contributed by atoms with Gasteiger partial charge in [0.25, 0.3) is 0 Å². The zero-order valence-electron chi connectivity index (χ0n) is 9.18. The standard InChI is InChI=1S/C12H20BrNS/c13-7-3-1-2-4-8-14-9-5-12-6-10-15-11-12/h6,10-11,14H,1-5,7-9H2. The zero-order chi connectivity index (χ0) is 10.8. The first-order chi connectivity index (χ1) is 7.43. The van der Waals surface area contributed by atoms with Crippen LogP contribution in [0, 0.1) is 0 Å². The monoisotopic (exact) mass is 289 g/mol. The van der Waals surface area contributed by atoms with E-state index in [0.717, 1.165) is 11.9 Å². The molecule has 1 N–H and O–H groups in total. The van der Waals surface area contributed by atoms with E-state index in [-0.39, 0.29) is 0 Å². The van der Waals surface area contributed by atoms with Crippen LogP contribution in [0.15, 0.2) is 16.8 Å². The molecule has 1 aromatic heterocycles. The third-order valence-corrected chi connectivity index (χ3v) is 3.70. The van der Waals surface area contributed by atoms with Gasteiger partial charge in [0.2, 0.25) is 0 Å². The number of thiophene rings is 1. The molecule has 15 heavy (non-hydrogen) atoms. The highest BCUT2D eigenvalue weighted by molar-refractivity contribution is 9.09. The molecule has 0 amide bonds. The van der Waals surface area contributed by atoms with Crippen molar-refractivity contribution in [1.82, 2.24) is 5.32 Å². The molecule has 3 heteroatoms. The van der Waals surface area contributed by atoms with E-state index in [1.54, 1.807) is 11.3 Å². The SMILES string of the molecule is BrCCCCCCNCCc1ccsc1. The fourth-order valence-electron chi connectivity index (χ4n) is 1.49. The van der Waals surface area contributed by atoms with Gasteiger partial charge in [0.15, 0.2) is 0 Å². The fraction of sp³-hybridized carbons (Fsp3) is 0.667. The molecule has 1 aromatic rings. The molecule has 86 valence electrons. The Morgan fingerprint density at radius 3 is 2.73 bits per heavy atom. The lowest BCUT2D eigenvalue weighted by Gasteiger charge is -2.03. The Labute approximate surface area is 105 Å². The Balaban J connectivity index is 1.81. The van der Waals surface area contributed by atoms with Gasteiger partial charge in [0.05, 0.1) is 0 Å². The summed E-state index contributed by atoms with van der Waals surface area (Å²) in [5.74, 6) is 0. The maximum atomic E-state index is 3.49. The van der Waals surface area contributed by atoms with Gasteiger partial charge in [-0.25, -0.2) is 0 Å². The molecule has 1 rings (SSSR count). The molecule has 0 saturated carbocycles. The smallest absolute Gasteiger partial charge is 0.00313 e. The average molecular weight is 290 g/mol. The van der Waals surface area contributed by atoms with Crippen molar-refractivity contribution in [1.29, 1.82) is 0 Å². The van der Waals surface area contributed by atoms with Gasteiger partial charge in [-0.3, -0.25) is 0 Å². The van der Waals surface area contributed by atoms with E-state index in [1.165, 1.54) is 44.2 Å². The number of unbranched alkanes of at least 4 members (excludes halogenated alkanes) is 3. The minimum atomic E-state index is 1.12. The molecule has 0 radical (unpaired) electrons. The first-order valence-corrected chi connectivity index (χ1v) is 7.77. The normalized spacial score (nSPS) is 10.7. The minimum Gasteiger partial charge on any atom is -0.316 e. The lowest BCUT2D eigenvalue weighted by Crippen LogP contribution is -2.18. The lowest BCUT2D eigenvalue weighted by molar-refractivity contribution is 0.601. The van der Waals surface area contributed by atoms with Gasteiger partial charge < -0.3 is 5.32 Å². The first-order valence-electron chi connectivity index (χ1n) is 5.71. The summed E-state index contributed by atoms with van der Waals surface area (Å²) in [6.07, 6.45) is 6.52. The number of rotatable bonds is 9. The summed E-state index contributed by atoms with van der Waals surface area (Å²) in [6, 6.07) is 2.21. The van der Waals surface area contributed by atoms with Crippen LogP contribution in [0.25, 0.3) is 0 Å². The van der Waals surface area contributed by atoms with Crippen LogP contribution >= 0.6 is 27.3 Å². The molecule has 0 bridgehead atoms. The van der Waals surface area contributed by atoms with Gasteiger partial charge in [-0.05, 0) is 54.7 Å². The van der Waals surface area contributed by atoms with E-state index in [1.807, 2.05) is 0 Å². The summed E-state index contributed by atoms with van der Waals surface area (Å²) in [6.45, 7) is 2.29. The molecule has 0 aliphatic rings. The van der Waals surface area contributed by atoms with Crippen LogP contribution in [-0.2, 0) is 6.42 Å². The van der Waals surface area contributed by atoms with Crippen LogP contribution < -0.4 is 5.32 Å². The Morgan fingerprint density at radius 2 is 2.00 bits per heavy atom. The van der Waals surface area contributed by atoms with Gasteiger partial charge in [-0.15, -0.1) is 0 Å². The largest absolute Gasteiger partial charge is 0.316 e. The van der Waals surface area contributed by atoms with Crippen molar-refractivity contribution in [2.24, 2.45) is 0 Å². The number of nitrogens with one attached hydrogen (secondary N) is 1. The highest BCUT2D eigenvalue weighted by Crippen LogP contribution is 2.05. The van der Waals surface area contributed by atoms with Crippen molar-refractivity contribution in [3.63, 3.8) is 0 Å². The molecule has 0 saturated heterocycles. The van der Waals surface area contributed by atoms with Gasteiger partial charge >= 0.3 is 0 Å². The summed E-state index contributed by atoms with van der Waals surface area (Å²) in [5, 5.41) is 9.03. The molecular formula is C12H20BrNS. The van der Waals surface area contributed by atoms with Crippen LogP contribution in [0.5, 0.6) is 0 Å². The van der Waals surface area contributed by atoms with Crippen molar-refractivity contribution in [3.05, 3.63) is 22.4 Å². The Kier molecular flexibility index (Phi) is 8.25. The number of halogens is 1. The Morgan fingerprint density at radius 1 is 1.13 bits per heavy atom. The van der Waals surface area contributed by atoms with Gasteiger partial charge in [-0.1, -0.05) is 28.8 Å². The second-order valence-corrected chi connectivity index (χ2v) is 5.31. The first kappa shape index (κ1) is 13.2. The quantitative estimate of drug-likeness (QED) is 0.538. The number of hydrogen-bond donors (Lipinski definition) is 1. The molecule has 0 unspecified atom stereocenters.